The molecule has 0 atom stereocenters. The fourth-order valence-corrected chi connectivity index (χ4v) is 3.17. The Balaban J connectivity index is 1.94. The Morgan fingerprint density at radius 2 is 1.50 bits per heavy atom. The third kappa shape index (κ3) is 4.14. The highest BCUT2D eigenvalue weighted by Crippen LogP contribution is 2.31. The van der Waals surface area contributed by atoms with Crippen LogP contribution in [0.25, 0.3) is 16.7 Å². The molecule has 4 heteroatoms. The number of ether oxygens (including phenoxy) is 1. The standard InChI is InChI=1S/C24H20N2O2/c1-2-28-22-13-9-20(10-14-22)24(16-26)23(15-25)19-5-3-17(4-6-19)18-7-11-21(27)12-8-18/h3-9,11-13,27H,2,10,14H2,1H3/b24-23+. The summed E-state index contributed by atoms with van der Waals surface area (Å²) in [6, 6.07) is 18.9. The molecule has 1 aliphatic rings. The third-order valence-corrected chi connectivity index (χ3v) is 4.61. The number of phenolic OH excluding ortho intramolecular Hbond substituents is 1. The number of phenols is 1. The molecule has 0 aromatic heterocycles. The van der Waals surface area contributed by atoms with Gasteiger partial charge in [-0.15, -0.1) is 0 Å². The molecule has 0 bridgehead atoms. The van der Waals surface area contributed by atoms with Crippen LogP contribution < -0.4 is 0 Å². The van der Waals surface area contributed by atoms with E-state index >= 15 is 0 Å². The lowest BCUT2D eigenvalue weighted by Crippen LogP contribution is -2.01. The van der Waals surface area contributed by atoms with Crippen LogP contribution in [0.2, 0.25) is 0 Å². The van der Waals surface area contributed by atoms with Gasteiger partial charge in [-0.05, 0) is 53.8 Å². The molecule has 0 spiro atoms. The van der Waals surface area contributed by atoms with Crippen LogP contribution in [-0.2, 0) is 4.74 Å². The Kier molecular flexibility index (Phi) is 5.94. The molecule has 1 N–H and O–H groups in total. The number of benzene rings is 2. The molecule has 2 aromatic rings. The minimum atomic E-state index is 0.219. The minimum Gasteiger partial charge on any atom is -0.508 e. The van der Waals surface area contributed by atoms with E-state index in [4.69, 9.17) is 4.74 Å². The van der Waals surface area contributed by atoms with E-state index in [9.17, 15) is 15.6 Å². The average molecular weight is 368 g/mol. The van der Waals surface area contributed by atoms with Gasteiger partial charge in [0.25, 0.3) is 0 Å². The molecule has 0 unspecified atom stereocenters. The highest BCUT2D eigenvalue weighted by Gasteiger charge is 2.16. The Hall–Kier alpha value is -3.76. The van der Waals surface area contributed by atoms with Gasteiger partial charge in [0.15, 0.2) is 0 Å². The van der Waals surface area contributed by atoms with Gasteiger partial charge in [-0.2, -0.15) is 10.5 Å². The second kappa shape index (κ2) is 8.75. The van der Waals surface area contributed by atoms with Crippen molar-refractivity contribution < 1.29 is 9.84 Å². The van der Waals surface area contributed by atoms with Gasteiger partial charge in [-0.1, -0.05) is 42.5 Å². The summed E-state index contributed by atoms with van der Waals surface area (Å²) in [6.07, 6.45) is 5.15. The zero-order chi connectivity index (χ0) is 19.9. The molecule has 0 saturated heterocycles. The third-order valence-electron chi connectivity index (χ3n) is 4.61. The predicted molar refractivity (Wildman–Crippen MR) is 109 cm³/mol. The lowest BCUT2D eigenvalue weighted by molar-refractivity contribution is 0.217. The van der Waals surface area contributed by atoms with Crippen molar-refractivity contribution in [3.05, 3.63) is 83.2 Å². The minimum absolute atomic E-state index is 0.219. The van der Waals surface area contributed by atoms with Crippen molar-refractivity contribution in [1.82, 2.24) is 0 Å². The topological polar surface area (TPSA) is 77.0 Å². The maximum absolute atomic E-state index is 9.71. The van der Waals surface area contributed by atoms with Crippen LogP contribution in [0, 0.1) is 22.7 Å². The zero-order valence-electron chi connectivity index (χ0n) is 15.6. The molecule has 1 aliphatic carbocycles. The average Bonchev–Trinajstić information content (AvgIpc) is 2.74. The zero-order valence-corrected chi connectivity index (χ0v) is 15.6. The Morgan fingerprint density at radius 3 is 2.00 bits per heavy atom. The number of rotatable bonds is 5. The second-order valence-electron chi connectivity index (χ2n) is 6.36. The van der Waals surface area contributed by atoms with E-state index in [1.54, 1.807) is 12.1 Å². The molecule has 0 radical (unpaired) electrons. The van der Waals surface area contributed by atoms with Gasteiger partial charge in [-0.25, -0.2) is 0 Å². The first-order valence-corrected chi connectivity index (χ1v) is 9.13. The van der Waals surface area contributed by atoms with Gasteiger partial charge in [0.05, 0.1) is 23.5 Å². The molecule has 0 aliphatic heterocycles. The molecule has 28 heavy (non-hydrogen) atoms. The van der Waals surface area contributed by atoms with Crippen LogP contribution in [0.15, 0.2) is 77.6 Å². The molecular formula is C24H20N2O2. The summed E-state index contributed by atoms with van der Waals surface area (Å²) < 4.78 is 5.52. The summed E-state index contributed by atoms with van der Waals surface area (Å²) in [7, 11) is 0. The number of aromatic hydroxyl groups is 1. The highest BCUT2D eigenvalue weighted by atomic mass is 16.5. The van der Waals surface area contributed by atoms with E-state index in [2.05, 4.69) is 12.1 Å². The molecule has 138 valence electrons. The van der Waals surface area contributed by atoms with E-state index in [1.165, 1.54) is 0 Å². The lowest BCUT2D eigenvalue weighted by Gasteiger charge is -2.15. The second-order valence-corrected chi connectivity index (χ2v) is 6.36. The number of nitrogens with zero attached hydrogens (tertiary/aromatic N) is 2. The van der Waals surface area contributed by atoms with Crippen LogP contribution >= 0.6 is 0 Å². The van der Waals surface area contributed by atoms with Crippen molar-refractivity contribution in [2.45, 2.75) is 19.8 Å². The van der Waals surface area contributed by atoms with E-state index < -0.39 is 0 Å². The van der Waals surface area contributed by atoms with Gasteiger partial charge >= 0.3 is 0 Å². The SMILES string of the molecule is CCOC1=CC=C(/C(C#N)=C(\C#N)c2ccc(-c3ccc(O)cc3)cc2)CC1. The monoisotopic (exact) mass is 368 g/mol. The van der Waals surface area contributed by atoms with Crippen LogP contribution in [0.4, 0.5) is 0 Å². The van der Waals surface area contributed by atoms with E-state index in [0.717, 1.165) is 28.9 Å². The summed E-state index contributed by atoms with van der Waals surface area (Å²) in [5, 5.41) is 28.8. The van der Waals surface area contributed by atoms with Gasteiger partial charge in [0.1, 0.15) is 17.9 Å². The summed E-state index contributed by atoms with van der Waals surface area (Å²) in [6.45, 7) is 2.56. The fraction of sp³-hybridized carbons (Fsp3) is 0.167. The van der Waals surface area contributed by atoms with Crippen LogP contribution in [0.3, 0.4) is 0 Å². The number of nitriles is 2. The first-order valence-electron chi connectivity index (χ1n) is 9.13. The molecule has 0 fully saturated rings. The Bertz CT molecular complexity index is 1030. The number of hydrogen-bond acceptors (Lipinski definition) is 4. The molecule has 4 nitrogen and oxygen atoms in total. The van der Waals surface area contributed by atoms with E-state index in [-0.39, 0.29) is 5.75 Å². The Morgan fingerprint density at radius 1 is 0.893 bits per heavy atom. The first kappa shape index (κ1) is 19.0. The van der Waals surface area contributed by atoms with Crippen molar-refractivity contribution in [2.75, 3.05) is 6.61 Å². The lowest BCUT2D eigenvalue weighted by atomic mass is 9.90. The van der Waals surface area contributed by atoms with Crippen molar-refractivity contribution in [3.8, 4) is 29.0 Å². The van der Waals surface area contributed by atoms with Gasteiger partial charge < -0.3 is 9.84 Å². The van der Waals surface area contributed by atoms with Crippen molar-refractivity contribution in [2.24, 2.45) is 0 Å². The fourth-order valence-electron chi connectivity index (χ4n) is 3.17. The number of allylic oxidation sites excluding steroid dienone is 6. The first-order chi connectivity index (χ1) is 13.7. The van der Waals surface area contributed by atoms with Crippen LogP contribution in [0.1, 0.15) is 25.3 Å². The molecule has 0 heterocycles. The van der Waals surface area contributed by atoms with Gasteiger partial charge in [0.2, 0.25) is 0 Å². The Labute approximate surface area is 164 Å². The van der Waals surface area contributed by atoms with Crippen molar-refractivity contribution in [1.29, 1.82) is 10.5 Å². The normalized spacial score (nSPS) is 14.1. The van der Waals surface area contributed by atoms with E-state index in [1.807, 2.05) is 55.5 Å². The van der Waals surface area contributed by atoms with Crippen LogP contribution in [-0.4, -0.2) is 11.7 Å². The van der Waals surface area contributed by atoms with Gasteiger partial charge in [-0.3, -0.25) is 0 Å². The highest BCUT2D eigenvalue weighted by molar-refractivity contribution is 5.85. The molecule has 3 rings (SSSR count). The summed E-state index contributed by atoms with van der Waals surface area (Å²) >= 11 is 0. The van der Waals surface area contributed by atoms with Crippen molar-refractivity contribution in [3.63, 3.8) is 0 Å². The summed E-state index contributed by atoms with van der Waals surface area (Å²) in [4.78, 5) is 0. The quantitative estimate of drug-likeness (QED) is 0.707. The summed E-state index contributed by atoms with van der Waals surface area (Å²) in [5.41, 5.74) is 4.29. The van der Waals surface area contributed by atoms with Gasteiger partial charge in [0, 0.05) is 6.42 Å². The van der Waals surface area contributed by atoms with Crippen molar-refractivity contribution >= 4 is 5.57 Å². The smallest absolute Gasteiger partial charge is 0.115 e. The maximum Gasteiger partial charge on any atom is 0.115 e. The molecule has 0 saturated carbocycles. The van der Waals surface area contributed by atoms with E-state index in [0.29, 0.717) is 29.7 Å². The molecule has 0 amide bonds. The molecule has 2 aromatic carbocycles. The van der Waals surface area contributed by atoms with Crippen LogP contribution in [0.5, 0.6) is 5.75 Å². The number of hydrogen-bond donors (Lipinski definition) is 1. The predicted octanol–water partition coefficient (Wildman–Crippen LogP) is 5.50. The largest absolute Gasteiger partial charge is 0.508 e. The summed E-state index contributed by atoms with van der Waals surface area (Å²) in [5.74, 6) is 1.12. The molecular weight excluding hydrogens is 348 g/mol. The maximum atomic E-state index is 9.71.